The summed E-state index contributed by atoms with van der Waals surface area (Å²) in [5.74, 6) is 0. The Morgan fingerprint density at radius 1 is 0.879 bits per heavy atom. The number of aryl methyl sites for hydroxylation is 1. The molecule has 3 atom stereocenters. The van der Waals surface area contributed by atoms with Crippen molar-refractivity contribution in [3.63, 3.8) is 0 Å². The Morgan fingerprint density at radius 2 is 1.48 bits per heavy atom. The van der Waals surface area contributed by atoms with Gasteiger partial charge in [0.2, 0.25) is 10.0 Å². The average Bonchev–Trinajstić information content (AvgIpc) is 3.20. The lowest BCUT2D eigenvalue weighted by molar-refractivity contribution is -0.0722. The van der Waals surface area contributed by atoms with Crippen LogP contribution in [0.4, 0.5) is 0 Å². The van der Waals surface area contributed by atoms with Gasteiger partial charge in [-0.05, 0) is 30.2 Å². The maximum absolute atomic E-state index is 12.8. The summed E-state index contributed by atoms with van der Waals surface area (Å²) in [6.07, 6.45) is -0.977. The van der Waals surface area contributed by atoms with Gasteiger partial charge in [0.05, 0.1) is 30.8 Å². The lowest BCUT2D eigenvalue weighted by atomic mass is 10.1. The molecule has 1 aliphatic rings. The molecule has 0 bridgehead atoms. The third-order valence-corrected chi connectivity index (χ3v) is 6.98. The molecule has 0 saturated carbocycles. The van der Waals surface area contributed by atoms with Gasteiger partial charge in [0, 0.05) is 6.42 Å². The molecule has 33 heavy (non-hydrogen) atoms. The first kappa shape index (κ1) is 23.6. The standard InChI is InChI=1S/C26H29NO5S/c1-20-12-14-23(15-13-20)33(28,29)27-26-16-24(31-18-22-10-6-3-7-11-22)25(32-26)19-30-17-21-8-4-2-5-9-21/h2-15,24-27H,16-19H2,1H3/t24-,25+,26+/m0/s1. The van der Waals surface area contributed by atoms with E-state index in [1.165, 1.54) is 0 Å². The minimum absolute atomic E-state index is 0.210. The molecule has 7 heteroatoms. The number of ether oxygens (including phenoxy) is 3. The first-order valence-corrected chi connectivity index (χ1v) is 12.5. The van der Waals surface area contributed by atoms with Crippen molar-refractivity contribution in [2.45, 2.75) is 49.9 Å². The highest BCUT2D eigenvalue weighted by molar-refractivity contribution is 7.89. The first-order valence-electron chi connectivity index (χ1n) is 11.0. The minimum atomic E-state index is -3.71. The SMILES string of the molecule is Cc1ccc(S(=O)(=O)N[C@H]2C[C@H](OCc3ccccc3)[C@@H](COCc3ccccc3)O2)cc1. The monoisotopic (exact) mass is 467 g/mol. The summed E-state index contributed by atoms with van der Waals surface area (Å²) < 4.78 is 46.4. The molecular formula is C26H29NO5S. The molecule has 1 aliphatic heterocycles. The van der Waals surface area contributed by atoms with Crippen LogP contribution in [0.3, 0.4) is 0 Å². The minimum Gasteiger partial charge on any atom is -0.374 e. The molecule has 1 saturated heterocycles. The summed E-state index contributed by atoms with van der Waals surface area (Å²) in [7, 11) is -3.71. The van der Waals surface area contributed by atoms with Gasteiger partial charge >= 0.3 is 0 Å². The van der Waals surface area contributed by atoms with Gasteiger partial charge in [-0.15, -0.1) is 0 Å². The van der Waals surface area contributed by atoms with E-state index in [1.54, 1.807) is 24.3 Å². The van der Waals surface area contributed by atoms with Crippen molar-refractivity contribution in [2.75, 3.05) is 6.61 Å². The number of rotatable bonds is 10. The number of hydrogen-bond acceptors (Lipinski definition) is 5. The summed E-state index contributed by atoms with van der Waals surface area (Å²) in [6.45, 7) is 3.09. The third kappa shape index (κ3) is 6.72. The molecule has 0 aromatic heterocycles. The Morgan fingerprint density at radius 3 is 2.12 bits per heavy atom. The van der Waals surface area contributed by atoms with Gasteiger partial charge in [0.1, 0.15) is 12.3 Å². The zero-order valence-corrected chi connectivity index (χ0v) is 19.4. The summed E-state index contributed by atoms with van der Waals surface area (Å²) in [4.78, 5) is 0.210. The van der Waals surface area contributed by atoms with Crippen LogP contribution >= 0.6 is 0 Å². The number of hydrogen-bond donors (Lipinski definition) is 1. The Labute approximate surface area is 195 Å². The van der Waals surface area contributed by atoms with Crippen molar-refractivity contribution in [3.8, 4) is 0 Å². The second-order valence-corrected chi connectivity index (χ2v) is 9.88. The molecule has 1 heterocycles. The number of benzene rings is 3. The van der Waals surface area contributed by atoms with Gasteiger partial charge in [-0.2, -0.15) is 4.72 Å². The van der Waals surface area contributed by atoms with E-state index in [0.717, 1.165) is 16.7 Å². The molecule has 0 radical (unpaired) electrons. The number of nitrogens with one attached hydrogen (secondary N) is 1. The molecule has 3 aromatic carbocycles. The molecule has 1 N–H and O–H groups in total. The zero-order valence-electron chi connectivity index (χ0n) is 18.6. The van der Waals surface area contributed by atoms with Crippen molar-refractivity contribution in [2.24, 2.45) is 0 Å². The van der Waals surface area contributed by atoms with Crippen molar-refractivity contribution < 1.29 is 22.6 Å². The van der Waals surface area contributed by atoms with E-state index in [0.29, 0.717) is 26.2 Å². The lowest BCUT2D eigenvalue weighted by Crippen LogP contribution is -2.35. The largest absolute Gasteiger partial charge is 0.374 e. The van der Waals surface area contributed by atoms with Crippen LogP contribution in [0.1, 0.15) is 23.1 Å². The topological polar surface area (TPSA) is 73.9 Å². The Bertz CT molecular complexity index is 1100. The molecule has 6 nitrogen and oxygen atoms in total. The molecule has 4 rings (SSSR count). The van der Waals surface area contributed by atoms with Crippen molar-refractivity contribution in [1.82, 2.24) is 4.72 Å². The number of sulfonamides is 1. The highest BCUT2D eigenvalue weighted by Crippen LogP contribution is 2.25. The predicted octanol–water partition coefficient (Wildman–Crippen LogP) is 4.19. The van der Waals surface area contributed by atoms with Crippen LogP contribution < -0.4 is 4.72 Å². The predicted molar refractivity (Wildman–Crippen MR) is 126 cm³/mol. The third-order valence-electron chi connectivity index (χ3n) is 5.52. The molecular weight excluding hydrogens is 438 g/mol. The molecule has 174 valence electrons. The summed E-state index contributed by atoms with van der Waals surface area (Å²) >= 11 is 0. The van der Waals surface area contributed by atoms with Gasteiger partial charge in [-0.25, -0.2) is 8.42 Å². The van der Waals surface area contributed by atoms with Gasteiger partial charge in [-0.3, -0.25) is 0 Å². The Hall–Kier alpha value is -2.55. The quantitative estimate of drug-likeness (QED) is 0.484. The second-order valence-electron chi connectivity index (χ2n) is 8.17. The normalized spacial score (nSPS) is 20.7. The highest BCUT2D eigenvalue weighted by Gasteiger charge is 2.38. The van der Waals surface area contributed by atoms with Crippen LogP contribution in [-0.2, 0) is 37.4 Å². The second kappa shape index (κ2) is 11.0. The van der Waals surface area contributed by atoms with E-state index in [4.69, 9.17) is 14.2 Å². The zero-order chi connectivity index (χ0) is 23.1. The average molecular weight is 468 g/mol. The Balaban J connectivity index is 1.40. The fourth-order valence-corrected chi connectivity index (χ4v) is 4.85. The summed E-state index contributed by atoms with van der Waals surface area (Å²) in [5.41, 5.74) is 3.11. The van der Waals surface area contributed by atoms with Crippen LogP contribution in [0.5, 0.6) is 0 Å². The van der Waals surface area contributed by atoms with E-state index in [-0.39, 0.29) is 17.1 Å². The van der Waals surface area contributed by atoms with E-state index in [1.807, 2.05) is 67.6 Å². The first-order chi connectivity index (χ1) is 16.0. The van der Waals surface area contributed by atoms with E-state index >= 15 is 0 Å². The molecule has 0 amide bonds. The molecule has 0 spiro atoms. The fraction of sp³-hybridized carbons (Fsp3) is 0.308. The van der Waals surface area contributed by atoms with Crippen LogP contribution in [0.25, 0.3) is 0 Å². The summed E-state index contributed by atoms with van der Waals surface area (Å²) in [5, 5.41) is 0. The smallest absolute Gasteiger partial charge is 0.242 e. The van der Waals surface area contributed by atoms with E-state index in [2.05, 4.69) is 4.72 Å². The Kier molecular flexibility index (Phi) is 7.90. The summed E-state index contributed by atoms with van der Waals surface area (Å²) in [6, 6.07) is 26.5. The van der Waals surface area contributed by atoms with Crippen molar-refractivity contribution in [3.05, 3.63) is 102 Å². The maximum Gasteiger partial charge on any atom is 0.242 e. The van der Waals surface area contributed by atoms with Gasteiger partial charge < -0.3 is 14.2 Å². The van der Waals surface area contributed by atoms with Crippen LogP contribution in [0, 0.1) is 6.92 Å². The van der Waals surface area contributed by atoms with Crippen LogP contribution in [-0.4, -0.2) is 33.5 Å². The van der Waals surface area contributed by atoms with E-state index < -0.39 is 16.3 Å². The maximum atomic E-state index is 12.8. The van der Waals surface area contributed by atoms with Gasteiger partial charge in [0.15, 0.2) is 0 Å². The van der Waals surface area contributed by atoms with Crippen molar-refractivity contribution >= 4 is 10.0 Å². The lowest BCUT2D eigenvalue weighted by Gasteiger charge is -2.19. The van der Waals surface area contributed by atoms with Gasteiger partial charge in [-0.1, -0.05) is 78.4 Å². The fourth-order valence-electron chi connectivity index (χ4n) is 3.72. The van der Waals surface area contributed by atoms with Crippen molar-refractivity contribution in [1.29, 1.82) is 0 Å². The molecule has 1 fully saturated rings. The molecule has 0 aliphatic carbocycles. The van der Waals surface area contributed by atoms with Crippen LogP contribution in [0.2, 0.25) is 0 Å². The van der Waals surface area contributed by atoms with Gasteiger partial charge in [0.25, 0.3) is 0 Å². The molecule has 0 unspecified atom stereocenters. The van der Waals surface area contributed by atoms with E-state index in [9.17, 15) is 8.42 Å². The highest BCUT2D eigenvalue weighted by atomic mass is 32.2. The molecule has 3 aromatic rings. The van der Waals surface area contributed by atoms with Crippen LogP contribution in [0.15, 0.2) is 89.8 Å².